The highest BCUT2D eigenvalue weighted by molar-refractivity contribution is 7.13. The van der Waals surface area contributed by atoms with Gasteiger partial charge < -0.3 is 25.2 Å². The average molecular weight is 558 g/mol. The van der Waals surface area contributed by atoms with Crippen LogP contribution in [0.15, 0.2) is 72.2 Å². The first-order chi connectivity index (χ1) is 19.3. The SMILES string of the molecule is COc1cc2c(cc1Oc1ccc(-c3ccc(CCC(=O)O)cc3)cc1)C(C)(CC(=O)Nc1nccs1)NCC2. The molecular weight excluding hydrogens is 526 g/mol. The van der Waals surface area contributed by atoms with Crippen molar-refractivity contribution in [3.63, 3.8) is 0 Å². The highest BCUT2D eigenvalue weighted by atomic mass is 32.1. The minimum Gasteiger partial charge on any atom is -0.493 e. The monoisotopic (exact) mass is 557 g/mol. The summed E-state index contributed by atoms with van der Waals surface area (Å²) < 4.78 is 12.0. The van der Waals surface area contributed by atoms with Gasteiger partial charge in [0.25, 0.3) is 0 Å². The van der Waals surface area contributed by atoms with Gasteiger partial charge in [0.05, 0.1) is 7.11 Å². The molecule has 0 aliphatic carbocycles. The number of carboxylic acid groups (broad SMARTS) is 1. The first kappa shape index (κ1) is 27.4. The van der Waals surface area contributed by atoms with Crippen LogP contribution in [-0.4, -0.2) is 35.6 Å². The molecule has 40 heavy (non-hydrogen) atoms. The van der Waals surface area contributed by atoms with Crippen LogP contribution in [0.1, 0.15) is 36.5 Å². The molecule has 1 aromatic heterocycles. The highest BCUT2D eigenvalue weighted by Crippen LogP contribution is 2.41. The summed E-state index contributed by atoms with van der Waals surface area (Å²) in [6.07, 6.45) is 3.36. The first-order valence-corrected chi connectivity index (χ1v) is 14.0. The Morgan fingerprint density at radius 2 is 1.80 bits per heavy atom. The van der Waals surface area contributed by atoms with Gasteiger partial charge in [-0.25, -0.2) is 4.98 Å². The van der Waals surface area contributed by atoms with Crippen molar-refractivity contribution in [2.45, 2.75) is 38.1 Å². The highest BCUT2D eigenvalue weighted by Gasteiger charge is 2.35. The number of carboxylic acids is 1. The first-order valence-electron chi connectivity index (χ1n) is 13.1. The molecule has 3 N–H and O–H groups in total. The minimum absolute atomic E-state index is 0.110. The zero-order valence-corrected chi connectivity index (χ0v) is 23.2. The normalized spacial score (nSPS) is 16.1. The van der Waals surface area contributed by atoms with E-state index in [1.165, 1.54) is 11.3 Å². The number of hydrogen-bond acceptors (Lipinski definition) is 7. The van der Waals surface area contributed by atoms with Crippen molar-refractivity contribution in [1.29, 1.82) is 0 Å². The molecule has 0 radical (unpaired) electrons. The number of fused-ring (bicyclic) bond motifs is 1. The topological polar surface area (TPSA) is 110 Å². The second kappa shape index (κ2) is 11.9. The van der Waals surface area contributed by atoms with E-state index in [4.69, 9.17) is 14.6 Å². The number of methoxy groups -OCH3 is 1. The molecule has 1 atom stereocenters. The molecule has 2 heterocycles. The molecule has 0 saturated heterocycles. The number of amides is 1. The van der Waals surface area contributed by atoms with E-state index in [9.17, 15) is 9.59 Å². The standard InChI is InChI=1S/C31H31N3O5S/c1-31(19-28(35)34-30-32-15-16-40-30)25-18-27(26(38-2)17-23(25)13-14-33-31)39-24-10-8-22(9-11-24)21-6-3-20(4-7-21)5-12-29(36)37/h3-4,6-11,15-18,33H,5,12-14,19H2,1-2H3,(H,36,37)(H,32,34,35). The summed E-state index contributed by atoms with van der Waals surface area (Å²) in [6, 6.07) is 19.7. The number of aryl methyl sites for hydroxylation is 1. The molecule has 0 bridgehead atoms. The lowest BCUT2D eigenvalue weighted by molar-refractivity contribution is -0.137. The van der Waals surface area contributed by atoms with Gasteiger partial charge in [-0.2, -0.15) is 0 Å². The van der Waals surface area contributed by atoms with E-state index in [2.05, 4.69) is 15.6 Å². The molecule has 1 amide bonds. The van der Waals surface area contributed by atoms with E-state index >= 15 is 0 Å². The lowest BCUT2D eigenvalue weighted by Gasteiger charge is -2.37. The van der Waals surface area contributed by atoms with Gasteiger partial charge in [-0.3, -0.25) is 9.59 Å². The quantitative estimate of drug-likeness (QED) is 0.219. The van der Waals surface area contributed by atoms with Gasteiger partial charge in [0, 0.05) is 36.5 Å². The number of anilines is 1. The predicted molar refractivity (Wildman–Crippen MR) is 155 cm³/mol. The molecule has 206 valence electrons. The Bertz CT molecular complexity index is 1490. The van der Waals surface area contributed by atoms with Crippen LogP contribution in [0.2, 0.25) is 0 Å². The molecule has 3 aromatic carbocycles. The summed E-state index contributed by atoms with van der Waals surface area (Å²) in [6.45, 7) is 2.78. The summed E-state index contributed by atoms with van der Waals surface area (Å²) in [5, 5.41) is 17.7. The maximum absolute atomic E-state index is 12.9. The average Bonchev–Trinajstić information content (AvgIpc) is 3.45. The maximum Gasteiger partial charge on any atom is 0.303 e. The Hall–Kier alpha value is -4.21. The molecule has 1 aliphatic heterocycles. The summed E-state index contributed by atoms with van der Waals surface area (Å²) in [5.41, 5.74) is 4.60. The number of benzene rings is 3. The lowest BCUT2D eigenvalue weighted by Crippen LogP contribution is -2.47. The number of aliphatic carboxylic acids is 1. The van der Waals surface area contributed by atoms with E-state index < -0.39 is 11.5 Å². The summed E-state index contributed by atoms with van der Waals surface area (Å²) in [4.78, 5) is 27.8. The predicted octanol–water partition coefficient (Wildman–Crippen LogP) is 6.02. The third-order valence-corrected chi connectivity index (χ3v) is 7.77. The van der Waals surface area contributed by atoms with Gasteiger partial charge in [-0.1, -0.05) is 36.4 Å². The molecule has 8 nitrogen and oxygen atoms in total. The number of carbonyl (C=O) groups is 2. The number of rotatable bonds is 10. The van der Waals surface area contributed by atoms with E-state index in [-0.39, 0.29) is 18.7 Å². The van der Waals surface area contributed by atoms with Crippen LogP contribution >= 0.6 is 11.3 Å². The van der Waals surface area contributed by atoms with Gasteiger partial charge >= 0.3 is 5.97 Å². The second-order valence-electron chi connectivity index (χ2n) is 9.95. The summed E-state index contributed by atoms with van der Waals surface area (Å²) >= 11 is 1.39. The molecule has 0 fully saturated rings. The van der Waals surface area contributed by atoms with Crippen molar-refractivity contribution in [3.05, 3.63) is 88.9 Å². The smallest absolute Gasteiger partial charge is 0.303 e. The van der Waals surface area contributed by atoms with E-state index in [0.717, 1.165) is 40.8 Å². The minimum atomic E-state index is -0.798. The van der Waals surface area contributed by atoms with Gasteiger partial charge in [0.1, 0.15) is 5.75 Å². The Balaban J connectivity index is 1.33. The van der Waals surface area contributed by atoms with Crippen LogP contribution in [-0.2, 0) is 28.0 Å². The van der Waals surface area contributed by atoms with Crippen LogP contribution in [0, 0.1) is 0 Å². The van der Waals surface area contributed by atoms with Crippen LogP contribution in [0.5, 0.6) is 17.2 Å². The molecule has 0 saturated carbocycles. The maximum atomic E-state index is 12.9. The van der Waals surface area contributed by atoms with Gasteiger partial charge in [0.15, 0.2) is 16.6 Å². The van der Waals surface area contributed by atoms with E-state index in [1.54, 1.807) is 13.3 Å². The molecular formula is C31H31N3O5S. The molecule has 0 spiro atoms. The third kappa shape index (κ3) is 6.32. The number of thiazole rings is 1. The van der Waals surface area contributed by atoms with E-state index in [1.807, 2.05) is 73.0 Å². The second-order valence-corrected chi connectivity index (χ2v) is 10.8. The Morgan fingerprint density at radius 1 is 1.07 bits per heavy atom. The third-order valence-electron chi connectivity index (χ3n) is 7.08. The van der Waals surface area contributed by atoms with Crippen molar-refractivity contribution >= 4 is 28.3 Å². The summed E-state index contributed by atoms with van der Waals surface area (Å²) in [7, 11) is 1.62. The van der Waals surface area contributed by atoms with Gasteiger partial charge in [0.2, 0.25) is 5.91 Å². The number of nitrogens with zero attached hydrogens (tertiary/aromatic N) is 1. The van der Waals surface area contributed by atoms with Crippen LogP contribution < -0.4 is 20.1 Å². The number of aromatic nitrogens is 1. The van der Waals surface area contributed by atoms with Crippen LogP contribution in [0.25, 0.3) is 11.1 Å². The Morgan fingerprint density at radius 3 is 2.45 bits per heavy atom. The fourth-order valence-electron chi connectivity index (χ4n) is 5.02. The van der Waals surface area contributed by atoms with E-state index in [0.29, 0.717) is 28.8 Å². The van der Waals surface area contributed by atoms with Crippen LogP contribution in [0.4, 0.5) is 5.13 Å². The molecule has 1 aliphatic rings. The lowest BCUT2D eigenvalue weighted by atomic mass is 9.81. The Kier molecular flexibility index (Phi) is 8.14. The van der Waals surface area contributed by atoms with Crippen molar-refractivity contribution in [1.82, 2.24) is 10.3 Å². The van der Waals surface area contributed by atoms with Crippen molar-refractivity contribution in [2.24, 2.45) is 0 Å². The molecule has 9 heteroatoms. The van der Waals surface area contributed by atoms with Crippen LogP contribution in [0.3, 0.4) is 0 Å². The zero-order chi connectivity index (χ0) is 28.1. The fraction of sp³-hybridized carbons (Fsp3) is 0.258. The molecule has 1 unspecified atom stereocenters. The summed E-state index contributed by atoms with van der Waals surface area (Å²) in [5.74, 6) is 0.963. The van der Waals surface area contributed by atoms with Crippen molar-refractivity contribution in [3.8, 4) is 28.4 Å². The number of hydrogen-bond donors (Lipinski definition) is 3. The largest absolute Gasteiger partial charge is 0.493 e. The molecule has 5 rings (SSSR count). The Labute approximate surface area is 237 Å². The number of ether oxygens (including phenoxy) is 2. The van der Waals surface area contributed by atoms with Gasteiger partial charge in [-0.15, -0.1) is 11.3 Å². The zero-order valence-electron chi connectivity index (χ0n) is 22.4. The van der Waals surface area contributed by atoms with Crippen molar-refractivity contribution < 1.29 is 24.2 Å². The number of carbonyl (C=O) groups excluding carboxylic acids is 1. The fourth-order valence-corrected chi connectivity index (χ4v) is 5.56. The molecule has 4 aromatic rings. The van der Waals surface area contributed by atoms with Gasteiger partial charge in [-0.05, 0) is 71.8 Å². The number of nitrogens with one attached hydrogen (secondary N) is 2. The van der Waals surface area contributed by atoms with Crippen molar-refractivity contribution in [2.75, 3.05) is 19.0 Å².